The second-order valence-electron chi connectivity index (χ2n) is 3.61. The average molecular weight is 258 g/mol. The van der Waals surface area contributed by atoms with Gasteiger partial charge in [0.1, 0.15) is 5.75 Å². The van der Waals surface area contributed by atoms with E-state index < -0.39 is 5.97 Å². The van der Waals surface area contributed by atoms with Crippen LogP contribution in [-0.4, -0.2) is 24.2 Å². The van der Waals surface area contributed by atoms with Crippen molar-refractivity contribution in [3.63, 3.8) is 0 Å². The van der Waals surface area contributed by atoms with Crippen LogP contribution in [0.2, 0.25) is 5.02 Å². The van der Waals surface area contributed by atoms with Crippen molar-refractivity contribution < 1.29 is 14.6 Å². The van der Waals surface area contributed by atoms with Crippen LogP contribution in [0.5, 0.6) is 5.75 Å². The smallest absolute Gasteiger partial charge is 0.341 e. The van der Waals surface area contributed by atoms with Gasteiger partial charge in [0.25, 0.3) is 0 Å². The fourth-order valence-corrected chi connectivity index (χ4v) is 1.56. The Morgan fingerprint density at radius 3 is 2.94 bits per heavy atom. The fourth-order valence-electron chi connectivity index (χ4n) is 1.37. The minimum atomic E-state index is -0.993. The molecule has 1 aromatic carbocycles. The molecule has 0 unspecified atom stereocenters. The summed E-state index contributed by atoms with van der Waals surface area (Å²) in [7, 11) is 0. The van der Waals surface area contributed by atoms with Crippen molar-refractivity contribution in [2.45, 2.75) is 19.9 Å². The maximum Gasteiger partial charge on any atom is 0.341 e. The molecule has 0 saturated carbocycles. The Hall–Kier alpha value is -1.26. The van der Waals surface area contributed by atoms with Crippen molar-refractivity contribution in [2.75, 3.05) is 13.2 Å². The van der Waals surface area contributed by atoms with E-state index in [2.05, 4.69) is 12.2 Å². The average Bonchev–Trinajstić information content (AvgIpc) is 2.28. The Kier molecular flexibility index (Phi) is 5.80. The summed E-state index contributed by atoms with van der Waals surface area (Å²) in [4.78, 5) is 10.4. The number of ether oxygens (including phenoxy) is 1. The van der Waals surface area contributed by atoms with E-state index in [0.717, 1.165) is 18.5 Å². The monoisotopic (exact) mass is 257 g/mol. The van der Waals surface area contributed by atoms with Gasteiger partial charge in [-0.3, -0.25) is 0 Å². The van der Waals surface area contributed by atoms with Crippen LogP contribution in [-0.2, 0) is 11.3 Å². The lowest BCUT2D eigenvalue weighted by Gasteiger charge is -2.11. The number of halogens is 1. The van der Waals surface area contributed by atoms with E-state index in [-0.39, 0.29) is 6.61 Å². The summed E-state index contributed by atoms with van der Waals surface area (Å²) in [6.07, 6.45) is 1.03. The molecule has 17 heavy (non-hydrogen) atoms. The molecule has 0 spiro atoms. The van der Waals surface area contributed by atoms with Crippen LogP contribution in [0.15, 0.2) is 18.2 Å². The number of carboxylic acid groups (broad SMARTS) is 1. The lowest BCUT2D eigenvalue weighted by molar-refractivity contribution is -0.139. The van der Waals surface area contributed by atoms with Crippen LogP contribution in [0.4, 0.5) is 0 Å². The van der Waals surface area contributed by atoms with E-state index in [1.807, 2.05) is 0 Å². The summed E-state index contributed by atoms with van der Waals surface area (Å²) in [6.45, 7) is 3.24. The molecule has 0 heterocycles. The molecule has 0 fully saturated rings. The molecular weight excluding hydrogens is 242 g/mol. The quantitative estimate of drug-likeness (QED) is 0.736. The number of rotatable bonds is 7. The summed E-state index contributed by atoms with van der Waals surface area (Å²) in [5.41, 5.74) is 0.868. The first-order chi connectivity index (χ1) is 8.13. The predicted molar refractivity (Wildman–Crippen MR) is 66.6 cm³/mol. The van der Waals surface area contributed by atoms with E-state index >= 15 is 0 Å². The summed E-state index contributed by atoms with van der Waals surface area (Å²) >= 11 is 5.89. The molecule has 5 heteroatoms. The molecule has 1 rings (SSSR count). The zero-order chi connectivity index (χ0) is 12.7. The normalized spacial score (nSPS) is 10.2. The molecule has 0 amide bonds. The van der Waals surface area contributed by atoms with Crippen molar-refractivity contribution >= 4 is 17.6 Å². The molecule has 0 radical (unpaired) electrons. The van der Waals surface area contributed by atoms with Gasteiger partial charge in [0, 0.05) is 17.1 Å². The van der Waals surface area contributed by atoms with Crippen LogP contribution in [0.1, 0.15) is 18.9 Å². The molecule has 0 saturated heterocycles. The number of benzene rings is 1. The van der Waals surface area contributed by atoms with E-state index in [9.17, 15) is 4.79 Å². The lowest BCUT2D eigenvalue weighted by Crippen LogP contribution is -2.16. The first-order valence-electron chi connectivity index (χ1n) is 5.47. The Labute approximate surface area is 106 Å². The van der Waals surface area contributed by atoms with Gasteiger partial charge < -0.3 is 15.2 Å². The highest BCUT2D eigenvalue weighted by Crippen LogP contribution is 2.22. The fraction of sp³-hybridized carbons (Fsp3) is 0.417. The lowest BCUT2D eigenvalue weighted by atomic mass is 10.2. The van der Waals surface area contributed by atoms with Crippen LogP contribution in [0, 0.1) is 0 Å². The van der Waals surface area contributed by atoms with E-state index in [1.54, 1.807) is 18.2 Å². The molecule has 2 N–H and O–H groups in total. The predicted octanol–water partition coefficient (Wildman–Crippen LogP) is 2.30. The van der Waals surface area contributed by atoms with Gasteiger partial charge in [-0.15, -0.1) is 0 Å². The maximum absolute atomic E-state index is 10.4. The topological polar surface area (TPSA) is 58.6 Å². The van der Waals surface area contributed by atoms with E-state index in [1.165, 1.54) is 0 Å². The van der Waals surface area contributed by atoms with Crippen LogP contribution < -0.4 is 10.1 Å². The Balaban J connectivity index is 2.69. The van der Waals surface area contributed by atoms with Crippen molar-refractivity contribution in [2.24, 2.45) is 0 Å². The molecule has 0 aliphatic heterocycles. The zero-order valence-corrected chi connectivity index (χ0v) is 10.5. The summed E-state index contributed by atoms with van der Waals surface area (Å²) in [5, 5.41) is 12.4. The number of carboxylic acids is 1. The zero-order valence-electron chi connectivity index (χ0n) is 9.70. The molecule has 0 atom stereocenters. The third-order valence-electron chi connectivity index (χ3n) is 2.12. The highest BCUT2D eigenvalue weighted by molar-refractivity contribution is 6.30. The second-order valence-corrected chi connectivity index (χ2v) is 4.05. The van der Waals surface area contributed by atoms with E-state index in [4.69, 9.17) is 21.4 Å². The first-order valence-corrected chi connectivity index (χ1v) is 5.85. The van der Waals surface area contributed by atoms with Gasteiger partial charge in [0.05, 0.1) is 0 Å². The summed E-state index contributed by atoms with van der Waals surface area (Å²) in [6, 6.07) is 5.15. The van der Waals surface area contributed by atoms with Crippen molar-refractivity contribution in [3.8, 4) is 5.75 Å². The molecule has 4 nitrogen and oxygen atoms in total. The van der Waals surface area contributed by atoms with Gasteiger partial charge in [-0.2, -0.15) is 0 Å². The SMILES string of the molecule is CCCNCc1cc(Cl)ccc1OCC(=O)O. The Bertz CT molecular complexity index is 382. The standard InChI is InChI=1S/C12H16ClNO3/c1-2-5-14-7-9-6-10(13)3-4-11(9)17-8-12(15)16/h3-4,6,14H,2,5,7-8H2,1H3,(H,15,16). The van der Waals surface area contributed by atoms with Crippen molar-refractivity contribution in [1.82, 2.24) is 5.32 Å². The third kappa shape index (κ3) is 5.06. The Morgan fingerprint density at radius 2 is 2.29 bits per heavy atom. The number of aliphatic carboxylic acids is 1. The molecule has 0 aliphatic carbocycles. The number of carbonyl (C=O) groups is 1. The van der Waals surface area contributed by atoms with Crippen molar-refractivity contribution in [1.29, 1.82) is 0 Å². The largest absolute Gasteiger partial charge is 0.482 e. The molecule has 94 valence electrons. The molecule has 0 bridgehead atoms. The van der Waals surface area contributed by atoms with Gasteiger partial charge in [0.2, 0.25) is 0 Å². The van der Waals surface area contributed by atoms with Gasteiger partial charge in [0.15, 0.2) is 6.61 Å². The van der Waals surface area contributed by atoms with Crippen LogP contribution >= 0.6 is 11.6 Å². The molecule has 0 aromatic heterocycles. The van der Waals surface area contributed by atoms with E-state index in [0.29, 0.717) is 17.3 Å². The Morgan fingerprint density at radius 1 is 1.53 bits per heavy atom. The second kappa shape index (κ2) is 7.14. The minimum absolute atomic E-state index is 0.345. The summed E-state index contributed by atoms with van der Waals surface area (Å²) < 4.78 is 5.19. The van der Waals surface area contributed by atoms with Crippen LogP contribution in [0.25, 0.3) is 0 Å². The summed E-state index contributed by atoms with van der Waals surface area (Å²) in [5.74, 6) is -0.437. The van der Waals surface area contributed by atoms with Crippen molar-refractivity contribution in [3.05, 3.63) is 28.8 Å². The maximum atomic E-state index is 10.4. The highest BCUT2D eigenvalue weighted by atomic mass is 35.5. The van der Waals surface area contributed by atoms with Gasteiger partial charge in [-0.1, -0.05) is 18.5 Å². The van der Waals surface area contributed by atoms with Gasteiger partial charge in [-0.25, -0.2) is 4.79 Å². The van der Waals surface area contributed by atoms with Gasteiger partial charge >= 0.3 is 5.97 Å². The minimum Gasteiger partial charge on any atom is -0.482 e. The number of hydrogen-bond donors (Lipinski definition) is 2. The highest BCUT2D eigenvalue weighted by Gasteiger charge is 2.06. The van der Waals surface area contributed by atoms with Crippen LogP contribution in [0.3, 0.4) is 0 Å². The molecule has 0 aliphatic rings. The third-order valence-corrected chi connectivity index (χ3v) is 2.35. The molecule has 1 aromatic rings. The van der Waals surface area contributed by atoms with Gasteiger partial charge in [-0.05, 0) is 31.2 Å². The number of nitrogens with one attached hydrogen (secondary N) is 1. The number of hydrogen-bond acceptors (Lipinski definition) is 3. The first kappa shape index (κ1) is 13.8. The molecular formula is C12H16ClNO3.